The molecule has 0 aliphatic heterocycles. The number of aromatic nitrogens is 3. The van der Waals surface area contributed by atoms with Crippen molar-refractivity contribution in [2.75, 3.05) is 18.4 Å². The topological polar surface area (TPSA) is 79.8 Å². The van der Waals surface area contributed by atoms with Gasteiger partial charge in [-0.05, 0) is 18.2 Å². The Balaban J connectivity index is 1.81. The van der Waals surface area contributed by atoms with Gasteiger partial charge < -0.3 is 10.6 Å². The van der Waals surface area contributed by atoms with Crippen molar-refractivity contribution in [2.45, 2.75) is 6.18 Å². The number of alkyl halides is 3. The maximum Gasteiger partial charge on any atom is 0.433 e. The highest BCUT2D eigenvalue weighted by atomic mass is 19.4. The average molecular weight is 311 g/mol. The van der Waals surface area contributed by atoms with E-state index in [0.717, 1.165) is 12.3 Å². The number of rotatable bonds is 5. The highest BCUT2D eigenvalue weighted by molar-refractivity contribution is 5.93. The smallest absolute Gasteiger partial charge is 0.352 e. The van der Waals surface area contributed by atoms with E-state index >= 15 is 0 Å². The van der Waals surface area contributed by atoms with Gasteiger partial charge in [-0.25, -0.2) is 9.97 Å². The number of nitrogens with one attached hydrogen (secondary N) is 2. The summed E-state index contributed by atoms with van der Waals surface area (Å²) in [6, 6.07) is 4.02. The van der Waals surface area contributed by atoms with Gasteiger partial charge in [0.25, 0.3) is 5.91 Å². The van der Waals surface area contributed by atoms with E-state index < -0.39 is 11.9 Å². The predicted molar refractivity (Wildman–Crippen MR) is 72.1 cm³/mol. The number of pyridine rings is 1. The van der Waals surface area contributed by atoms with Crippen molar-refractivity contribution in [1.29, 1.82) is 0 Å². The predicted octanol–water partition coefficient (Wildman–Crippen LogP) is 1.73. The van der Waals surface area contributed by atoms with Gasteiger partial charge in [-0.3, -0.25) is 9.78 Å². The van der Waals surface area contributed by atoms with E-state index in [4.69, 9.17) is 0 Å². The molecule has 0 aromatic carbocycles. The number of amides is 1. The Hall–Kier alpha value is -2.71. The zero-order chi connectivity index (χ0) is 16.0. The lowest BCUT2D eigenvalue weighted by atomic mass is 10.3. The molecule has 0 unspecified atom stereocenters. The molecule has 116 valence electrons. The minimum Gasteiger partial charge on any atom is -0.352 e. The number of anilines is 1. The van der Waals surface area contributed by atoms with Crippen molar-refractivity contribution in [1.82, 2.24) is 20.3 Å². The van der Waals surface area contributed by atoms with E-state index in [1.54, 1.807) is 18.3 Å². The molecule has 2 N–H and O–H groups in total. The van der Waals surface area contributed by atoms with Crippen LogP contribution in [-0.2, 0) is 6.18 Å². The first kappa shape index (κ1) is 15.7. The van der Waals surface area contributed by atoms with E-state index in [0.29, 0.717) is 5.56 Å². The minimum atomic E-state index is -4.52. The Morgan fingerprint density at radius 1 is 1.18 bits per heavy atom. The van der Waals surface area contributed by atoms with Crippen molar-refractivity contribution in [3.8, 4) is 0 Å². The van der Waals surface area contributed by atoms with Gasteiger partial charge in [-0.15, -0.1) is 0 Å². The summed E-state index contributed by atoms with van der Waals surface area (Å²) in [5.41, 5.74) is -0.623. The third kappa shape index (κ3) is 4.40. The van der Waals surface area contributed by atoms with Crippen LogP contribution < -0.4 is 10.6 Å². The summed E-state index contributed by atoms with van der Waals surface area (Å²) >= 11 is 0. The lowest BCUT2D eigenvalue weighted by Gasteiger charge is -2.09. The van der Waals surface area contributed by atoms with Crippen LogP contribution in [0.2, 0.25) is 0 Å². The first-order chi connectivity index (χ1) is 10.5. The molecule has 0 radical (unpaired) electrons. The molecule has 22 heavy (non-hydrogen) atoms. The summed E-state index contributed by atoms with van der Waals surface area (Å²) < 4.78 is 37.4. The number of nitrogens with zero attached hydrogens (tertiary/aromatic N) is 3. The summed E-state index contributed by atoms with van der Waals surface area (Å²) in [4.78, 5) is 22.5. The van der Waals surface area contributed by atoms with E-state index in [9.17, 15) is 18.0 Å². The molecule has 2 rings (SSSR count). The zero-order valence-electron chi connectivity index (χ0n) is 11.3. The zero-order valence-corrected chi connectivity index (χ0v) is 11.3. The first-order valence-electron chi connectivity index (χ1n) is 6.29. The van der Waals surface area contributed by atoms with Gasteiger partial charge in [0, 0.05) is 31.7 Å². The van der Waals surface area contributed by atoms with Gasteiger partial charge in [-0.1, -0.05) is 0 Å². The van der Waals surface area contributed by atoms with Crippen molar-refractivity contribution in [3.05, 3.63) is 48.0 Å². The average Bonchev–Trinajstić information content (AvgIpc) is 2.52. The fourth-order valence-electron chi connectivity index (χ4n) is 1.55. The third-order valence-electron chi connectivity index (χ3n) is 2.56. The number of carbonyl (C=O) groups excluding carboxylic acids is 1. The van der Waals surface area contributed by atoms with Crippen molar-refractivity contribution in [2.24, 2.45) is 0 Å². The number of hydrogen-bond donors (Lipinski definition) is 2. The molecule has 2 aromatic rings. The summed E-state index contributed by atoms with van der Waals surface area (Å²) in [6.07, 6.45) is -0.539. The van der Waals surface area contributed by atoms with Gasteiger partial charge >= 0.3 is 6.18 Å². The van der Waals surface area contributed by atoms with E-state index in [1.807, 2.05) is 0 Å². The molecule has 9 heteroatoms. The van der Waals surface area contributed by atoms with Crippen LogP contribution in [-0.4, -0.2) is 33.9 Å². The van der Waals surface area contributed by atoms with Crippen LogP contribution in [0.25, 0.3) is 0 Å². The number of carbonyl (C=O) groups is 1. The minimum absolute atomic E-state index is 0.148. The molecule has 0 bridgehead atoms. The Labute approximate surface area is 123 Å². The summed E-state index contributed by atoms with van der Waals surface area (Å²) in [5.74, 6) is -0.467. The number of halogens is 3. The van der Waals surface area contributed by atoms with E-state index in [1.165, 1.54) is 6.20 Å². The highest BCUT2D eigenvalue weighted by Gasteiger charge is 2.32. The SMILES string of the molecule is O=C(NCCNc1nccc(C(F)(F)F)n1)c1cccnc1. The molecular formula is C13H12F3N5O. The van der Waals surface area contributed by atoms with Crippen molar-refractivity contribution in [3.63, 3.8) is 0 Å². The molecular weight excluding hydrogens is 299 g/mol. The van der Waals surface area contributed by atoms with Crippen LogP contribution >= 0.6 is 0 Å². The normalized spacial score (nSPS) is 11.0. The van der Waals surface area contributed by atoms with Gasteiger partial charge in [-0.2, -0.15) is 13.2 Å². The van der Waals surface area contributed by atoms with Crippen LogP contribution in [0.4, 0.5) is 19.1 Å². The van der Waals surface area contributed by atoms with Crippen LogP contribution in [0.15, 0.2) is 36.8 Å². The molecule has 0 aliphatic carbocycles. The lowest BCUT2D eigenvalue weighted by Crippen LogP contribution is -2.29. The van der Waals surface area contributed by atoms with Crippen molar-refractivity contribution < 1.29 is 18.0 Å². The molecule has 1 amide bonds. The molecule has 2 aromatic heterocycles. The molecule has 0 spiro atoms. The maximum absolute atomic E-state index is 12.5. The standard InChI is InChI=1S/C13H12F3N5O/c14-13(15,16)10-3-5-19-12(21-10)20-7-6-18-11(22)9-2-1-4-17-8-9/h1-5,8H,6-7H2,(H,18,22)(H,19,20,21). The second-order valence-corrected chi connectivity index (χ2v) is 4.19. The Morgan fingerprint density at radius 2 is 2.00 bits per heavy atom. The van der Waals surface area contributed by atoms with Crippen LogP contribution in [0.5, 0.6) is 0 Å². The molecule has 0 fully saturated rings. The molecule has 6 nitrogen and oxygen atoms in total. The Bertz CT molecular complexity index is 633. The molecule has 0 atom stereocenters. The van der Waals surface area contributed by atoms with Gasteiger partial charge in [0.05, 0.1) is 5.56 Å². The second-order valence-electron chi connectivity index (χ2n) is 4.19. The molecule has 2 heterocycles. The molecule has 0 saturated carbocycles. The summed E-state index contributed by atoms with van der Waals surface area (Å²) in [5, 5.41) is 5.21. The van der Waals surface area contributed by atoms with Crippen LogP contribution in [0.3, 0.4) is 0 Å². The summed E-state index contributed by atoms with van der Waals surface area (Å²) in [6.45, 7) is 0.390. The molecule has 0 aliphatic rings. The van der Waals surface area contributed by atoms with Gasteiger partial charge in [0.1, 0.15) is 5.69 Å². The molecule has 0 saturated heterocycles. The fraction of sp³-hybridized carbons (Fsp3) is 0.231. The van der Waals surface area contributed by atoms with E-state index in [2.05, 4.69) is 25.6 Å². The second kappa shape index (κ2) is 6.83. The van der Waals surface area contributed by atoms with Gasteiger partial charge in [0.2, 0.25) is 5.95 Å². The van der Waals surface area contributed by atoms with Crippen LogP contribution in [0.1, 0.15) is 16.1 Å². The largest absolute Gasteiger partial charge is 0.433 e. The summed E-state index contributed by atoms with van der Waals surface area (Å²) in [7, 11) is 0. The monoisotopic (exact) mass is 311 g/mol. The lowest BCUT2D eigenvalue weighted by molar-refractivity contribution is -0.141. The fourth-order valence-corrected chi connectivity index (χ4v) is 1.55. The Kier molecular flexibility index (Phi) is 4.87. The maximum atomic E-state index is 12.5. The van der Waals surface area contributed by atoms with E-state index in [-0.39, 0.29) is 24.9 Å². The van der Waals surface area contributed by atoms with Gasteiger partial charge in [0.15, 0.2) is 0 Å². The Morgan fingerprint density at radius 3 is 2.68 bits per heavy atom. The number of hydrogen-bond acceptors (Lipinski definition) is 5. The first-order valence-corrected chi connectivity index (χ1v) is 6.29. The van der Waals surface area contributed by atoms with Crippen LogP contribution in [0, 0.1) is 0 Å². The highest BCUT2D eigenvalue weighted by Crippen LogP contribution is 2.27. The third-order valence-corrected chi connectivity index (χ3v) is 2.56. The quantitative estimate of drug-likeness (QED) is 0.822. The van der Waals surface area contributed by atoms with Crippen molar-refractivity contribution >= 4 is 11.9 Å².